The zero-order valence-electron chi connectivity index (χ0n) is 11.9. The van der Waals surface area contributed by atoms with Gasteiger partial charge in [0.25, 0.3) is 10.0 Å². The fraction of sp³-hybridized carbons (Fsp3) is 0.133. The summed E-state index contributed by atoms with van der Waals surface area (Å²) in [5.74, 6) is -1.22. The monoisotopic (exact) mass is 339 g/mol. The number of aromatic carboxylic acids is 1. The minimum Gasteiger partial charge on any atom is -0.478 e. The number of halogens is 1. The summed E-state index contributed by atoms with van der Waals surface area (Å²) >= 11 is 5.76. The second-order valence-corrected chi connectivity index (χ2v) is 6.93. The summed E-state index contributed by atoms with van der Waals surface area (Å²) in [6.07, 6.45) is 0. The Morgan fingerprint density at radius 3 is 2.41 bits per heavy atom. The SMILES string of the molecule is Cc1ccc(S(=O)(=O)Nc2ccc(Cl)c(C(=O)O)c2)c(C)c1. The highest BCUT2D eigenvalue weighted by atomic mass is 35.5. The van der Waals surface area contributed by atoms with E-state index in [9.17, 15) is 13.2 Å². The van der Waals surface area contributed by atoms with Crippen LogP contribution in [0.5, 0.6) is 0 Å². The van der Waals surface area contributed by atoms with Crippen LogP contribution in [-0.4, -0.2) is 19.5 Å². The van der Waals surface area contributed by atoms with Gasteiger partial charge in [0.15, 0.2) is 0 Å². The minimum atomic E-state index is -3.80. The van der Waals surface area contributed by atoms with Gasteiger partial charge in [-0.15, -0.1) is 0 Å². The van der Waals surface area contributed by atoms with Gasteiger partial charge in [-0.25, -0.2) is 13.2 Å². The summed E-state index contributed by atoms with van der Waals surface area (Å²) in [5, 5.41) is 9.06. The number of hydrogen-bond donors (Lipinski definition) is 2. The van der Waals surface area contributed by atoms with Crippen LogP contribution in [-0.2, 0) is 10.0 Å². The zero-order chi connectivity index (χ0) is 16.5. The molecule has 116 valence electrons. The summed E-state index contributed by atoms with van der Waals surface area (Å²) in [5.41, 5.74) is 1.54. The smallest absolute Gasteiger partial charge is 0.337 e. The molecule has 0 radical (unpaired) electrons. The number of carbonyl (C=O) groups is 1. The topological polar surface area (TPSA) is 83.5 Å². The third-order valence-electron chi connectivity index (χ3n) is 3.07. The lowest BCUT2D eigenvalue weighted by atomic mass is 10.2. The van der Waals surface area contributed by atoms with Gasteiger partial charge in [-0.2, -0.15) is 0 Å². The van der Waals surface area contributed by atoms with Crippen LogP contribution >= 0.6 is 11.6 Å². The lowest BCUT2D eigenvalue weighted by Gasteiger charge is -2.11. The number of benzene rings is 2. The highest BCUT2D eigenvalue weighted by Crippen LogP contribution is 2.24. The molecule has 7 heteroatoms. The Labute approximate surface area is 133 Å². The van der Waals surface area contributed by atoms with Crippen molar-refractivity contribution in [2.75, 3.05) is 4.72 Å². The van der Waals surface area contributed by atoms with Crippen molar-refractivity contribution in [2.24, 2.45) is 0 Å². The molecule has 0 unspecified atom stereocenters. The van der Waals surface area contributed by atoms with Crippen molar-refractivity contribution in [1.29, 1.82) is 0 Å². The first-order valence-corrected chi connectivity index (χ1v) is 8.20. The average molecular weight is 340 g/mol. The number of carboxylic acids is 1. The van der Waals surface area contributed by atoms with Gasteiger partial charge in [0.1, 0.15) is 0 Å². The number of aryl methyl sites for hydroxylation is 2. The number of nitrogens with one attached hydrogen (secondary N) is 1. The van der Waals surface area contributed by atoms with Crippen LogP contribution < -0.4 is 4.72 Å². The summed E-state index contributed by atoms with van der Waals surface area (Å²) in [7, 11) is -3.80. The molecule has 0 saturated carbocycles. The largest absolute Gasteiger partial charge is 0.478 e. The Morgan fingerprint density at radius 1 is 1.14 bits per heavy atom. The van der Waals surface area contributed by atoms with E-state index >= 15 is 0 Å². The second kappa shape index (κ2) is 5.98. The lowest BCUT2D eigenvalue weighted by Crippen LogP contribution is -2.14. The Balaban J connectivity index is 2.41. The maximum atomic E-state index is 12.4. The maximum absolute atomic E-state index is 12.4. The van der Waals surface area contributed by atoms with E-state index in [2.05, 4.69) is 4.72 Å². The molecular weight excluding hydrogens is 326 g/mol. The molecular formula is C15H14ClNO4S. The van der Waals surface area contributed by atoms with Gasteiger partial charge < -0.3 is 5.11 Å². The highest BCUT2D eigenvalue weighted by Gasteiger charge is 2.18. The van der Waals surface area contributed by atoms with Gasteiger partial charge in [-0.3, -0.25) is 4.72 Å². The first-order chi connectivity index (χ1) is 10.2. The Morgan fingerprint density at radius 2 is 1.82 bits per heavy atom. The van der Waals surface area contributed by atoms with Crippen LogP contribution in [0.3, 0.4) is 0 Å². The van der Waals surface area contributed by atoms with Crippen molar-refractivity contribution in [3.8, 4) is 0 Å². The van der Waals surface area contributed by atoms with Crippen molar-refractivity contribution in [2.45, 2.75) is 18.7 Å². The molecule has 0 bridgehead atoms. The van der Waals surface area contributed by atoms with E-state index in [0.717, 1.165) is 5.56 Å². The quantitative estimate of drug-likeness (QED) is 0.893. The van der Waals surface area contributed by atoms with Crippen molar-refractivity contribution >= 4 is 33.3 Å². The lowest BCUT2D eigenvalue weighted by molar-refractivity contribution is 0.0697. The van der Waals surface area contributed by atoms with Gasteiger partial charge in [-0.05, 0) is 43.7 Å². The zero-order valence-corrected chi connectivity index (χ0v) is 13.5. The van der Waals surface area contributed by atoms with E-state index in [4.69, 9.17) is 16.7 Å². The molecule has 0 saturated heterocycles. The summed E-state index contributed by atoms with van der Waals surface area (Å²) in [6, 6.07) is 8.92. The maximum Gasteiger partial charge on any atom is 0.337 e. The molecule has 2 aromatic carbocycles. The van der Waals surface area contributed by atoms with Gasteiger partial charge >= 0.3 is 5.97 Å². The third-order valence-corrected chi connectivity index (χ3v) is 4.94. The first-order valence-electron chi connectivity index (χ1n) is 6.33. The molecule has 2 N–H and O–H groups in total. The molecule has 0 aromatic heterocycles. The fourth-order valence-electron chi connectivity index (χ4n) is 2.06. The predicted octanol–water partition coefficient (Wildman–Crippen LogP) is 3.46. The summed E-state index contributed by atoms with van der Waals surface area (Å²) in [6.45, 7) is 3.57. The molecule has 0 fully saturated rings. The minimum absolute atomic E-state index is 0.0435. The van der Waals surface area contributed by atoms with Crippen LogP contribution in [0.25, 0.3) is 0 Å². The normalized spacial score (nSPS) is 11.2. The van der Waals surface area contributed by atoms with Gasteiger partial charge in [0.2, 0.25) is 0 Å². The van der Waals surface area contributed by atoms with Crippen molar-refractivity contribution in [3.63, 3.8) is 0 Å². The first kappa shape index (κ1) is 16.3. The van der Waals surface area contributed by atoms with Crippen molar-refractivity contribution in [3.05, 3.63) is 58.1 Å². The van der Waals surface area contributed by atoms with Crippen molar-refractivity contribution in [1.82, 2.24) is 0 Å². The highest BCUT2D eigenvalue weighted by molar-refractivity contribution is 7.92. The molecule has 0 aliphatic rings. The molecule has 0 amide bonds. The van der Waals surface area contributed by atoms with Crippen LogP contribution in [0.15, 0.2) is 41.3 Å². The number of anilines is 1. The van der Waals surface area contributed by atoms with E-state index in [1.165, 1.54) is 24.3 Å². The molecule has 0 aliphatic carbocycles. The van der Waals surface area contributed by atoms with Crippen LogP contribution in [0, 0.1) is 13.8 Å². The third kappa shape index (κ3) is 3.40. The molecule has 22 heavy (non-hydrogen) atoms. The van der Waals surface area contributed by atoms with E-state index in [0.29, 0.717) is 5.56 Å². The molecule has 0 atom stereocenters. The standard InChI is InChI=1S/C15H14ClNO4S/c1-9-3-6-14(10(2)7-9)22(20,21)17-11-4-5-13(16)12(8-11)15(18)19/h3-8,17H,1-2H3,(H,18,19). The van der Waals surface area contributed by atoms with E-state index in [1.807, 2.05) is 6.92 Å². The van der Waals surface area contributed by atoms with E-state index in [1.54, 1.807) is 19.1 Å². The molecule has 2 rings (SSSR count). The van der Waals surface area contributed by atoms with Crippen LogP contribution in [0.1, 0.15) is 21.5 Å². The number of rotatable bonds is 4. The molecule has 0 spiro atoms. The van der Waals surface area contributed by atoms with Gasteiger partial charge in [0.05, 0.1) is 15.5 Å². The number of carboxylic acid groups (broad SMARTS) is 1. The predicted molar refractivity (Wildman–Crippen MR) is 85.1 cm³/mol. The Kier molecular flexibility index (Phi) is 4.44. The molecule has 2 aromatic rings. The molecule has 0 heterocycles. The van der Waals surface area contributed by atoms with Crippen LogP contribution in [0.2, 0.25) is 5.02 Å². The van der Waals surface area contributed by atoms with E-state index in [-0.39, 0.29) is 21.2 Å². The number of sulfonamides is 1. The number of hydrogen-bond acceptors (Lipinski definition) is 3. The summed E-state index contributed by atoms with van der Waals surface area (Å²) in [4.78, 5) is 11.2. The molecule has 5 nitrogen and oxygen atoms in total. The van der Waals surface area contributed by atoms with Crippen molar-refractivity contribution < 1.29 is 18.3 Å². The van der Waals surface area contributed by atoms with Gasteiger partial charge in [-0.1, -0.05) is 29.3 Å². The Bertz CT molecular complexity index is 847. The summed E-state index contributed by atoms with van der Waals surface area (Å²) < 4.78 is 27.2. The second-order valence-electron chi connectivity index (χ2n) is 4.87. The fourth-order valence-corrected chi connectivity index (χ4v) is 3.54. The van der Waals surface area contributed by atoms with Crippen LogP contribution in [0.4, 0.5) is 5.69 Å². The average Bonchev–Trinajstić information content (AvgIpc) is 2.39. The van der Waals surface area contributed by atoms with E-state index < -0.39 is 16.0 Å². The Hall–Kier alpha value is -2.05. The molecule has 0 aliphatic heterocycles. The van der Waals surface area contributed by atoms with Gasteiger partial charge in [0, 0.05) is 5.69 Å².